The highest BCUT2D eigenvalue weighted by molar-refractivity contribution is 6.35. The lowest BCUT2D eigenvalue weighted by atomic mass is 10.1. The number of halogens is 1. The molecule has 0 spiro atoms. The lowest BCUT2D eigenvalue weighted by molar-refractivity contribution is 0.247. The van der Waals surface area contributed by atoms with E-state index in [1.54, 1.807) is 0 Å². The second-order valence-corrected chi connectivity index (χ2v) is 7.32. The Morgan fingerprint density at radius 2 is 1.43 bits per heavy atom. The molecule has 0 bridgehead atoms. The van der Waals surface area contributed by atoms with Crippen LogP contribution in [0.3, 0.4) is 0 Å². The Balaban J connectivity index is 1.56. The molecule has 28 heavy (non-hydrogen) atoms. The molecule has 2 N–H and O–H groups in total. The molecule has 0 saturated heterocycles. The number of fused-ring (bicyclic) bond motifs is 1. The SMILES string of the molecule is Nc1nc2cccc(Cl)c2n1CCN(Cc1ccccc1)Cc1ccccc1. The number of rotatable bonds is 7. The smallest absolute Gasteiger partial charge is 0.201 e. The molecule has 3 aromatic carbocycles. The van der Waals surface area contributed by atoms with E-state index in [1.165, 1.54) is 11.1 Å². The van der Waals surface area contributed by atoms with Gasteiger partial charge in [0.2, 0.25) is 5.95 Å². The van der Waals surface area contributed by atoms with E-state index in [-0.39, 0.29) is 0 Å². The number of hydrogen-bond acceptors (Lipinski definition) is 3. The van der Waals surface area contributed by atoms with Crippen LogP contribution in [0.5, 0.6) is 0 Å². The summed E-state index contributed by atoms with van der Waals surface area (Å²) in [5.41, 5.74) is 10.5. The van der Waals surface area contributed by atoms with Crippen molar-refractivity contribution in [2.75, 3.05) is 12.3 Å². The number of imidazole rings is 1. The van der Waals surface area contributed by atoms with E-state index in [9.17, 15) is 0 Å². The summed E-state index contributed by atoms with van der Waals surface area (Å²) in [5.74, 6) is 0.502. The van der Waals surface area contributed by atoms with Crippen molar-refractivity contribution in [1.82, 2.24) is 14.5 Å². The molecule has 0 saturated carbocycles. The van der Waals surface area contributed by atoms with Crippen molar-refractivity contribution < 1.29 is 0 Å². The van der Waals surface area contributed by atoms with Gasteiger partial charge in [-0.05, 0) is 23.3 Å². The van der Waals surface area contributed by atoms with Crippen LogP contribution in [0.15, 0.2) is 78.9 Å². The first kappa shape index (κ1) is 18.5. The summed E-state index contributed by atoms with van der Waals surface area (Å²) in [4.78, 5) is 6.88. The number of anilines is 1. The van der Waals surface area contributed by atoms with Gasteiger partial charge in [-0.15, -0.1) is 0 Å². The zero-order chi connectivity index (χ0) is 19.3. The predicted octanol–water partition coefficient (Wildman–Crippen LogP) is 4.97. The van der Waals surface area contributed by atoms with E-state index < -0.39 is 0 Å². The van der Waals surface area contributed by atoms with Crippen LogP contribution >= 0.6 is 11.6 Å². The molecule has 0 fully saturated rings. The van der Waals surface area contributed by atoms with E-state index in [2.05, 4.69) is 58.4 Å². The molecule has 0 aliphatic carbocycles. The first-order valence-corrected chi connectivity index (χ1v) is 9.79. The van der Waals surface area contributed by atoms with Crippen molar-refractivity contribution in [3.63, 3.8) is 0 Å². The first-order chi connectivity index (χ1) is 13.7. The van der Waals surface area contributed by atoms with Crippen molar-refractivity contribution >= 4 is 28.6 Å². The number of nitrogens with zero attached hydrogens (tertiary/aromatic N) is 3. The Labute approximate surface area is 170 Å². The van der Waals surface area contributed by atoms with Crippen LogP contribution in [0, 0.1) is 0 Å². The molecule has 5 heteroatoms. The van der Waals surface area contributed by atoms with E-state index >= 15 is 0 Å². The van der Waals surface area contributed by atoms with Crippen molar-refractivity contribution in [2.45, 2.75) is 19.6 Å². The maximum Gasteiger partial charge on any atom is 0.201 e. The van der Waals surface area contributed by atoms with Crippen LogP contribution in [-0.4, -0.2) is 21.0 Å². The fourth-order valence-corrected chi connectivity index (χ4v) is 3.80. The van der Waals surface area contributed by atoms with Gasteiger partial charge in [-0.2, -0.15) is 0 Å². The van der Waals surface area contributed by atoms with Crippen LogP contribution in [0.2, 0.25) is 5.02 Å². The highest BCUT2D eigenvalue weighted by Crippen LogP contribution is 2.25. The molecule has 4 aromatic rings. The van der Waals surface area contributed by atoms with Crippen molar-refractivity contribution in [3.05, 3.63) is 95.0 Å². The zero-order valence-corrected chi connectivity index (χ0v) is 16.4. The van der Waals surface area contributed by atoms with Crippen LogP contribution in [0.1, 0.15) is 11.1 Å². The Hall–Kier alpha value is -2.82. The highest BCUT2D eigenvalue weighted by atomic mass is 35.5. The number of nitrogens with two attached hydrogens (primary N) is 1. The Morgan fingerprint density at radius 3 is 2.04 bits per heavy atom. The van der Waals surface area contributed by atoms with Crippen molar-refractivity contribution in [1.29, 1.82) is 0 Å². The predicted molar refractivity (Wildman–Crippen MR) is 116 cm³/mol. The molecule has 0 aliphatic rings. The fraction of sp³-hybridized carbons (Fsp3) is 0.174. The Kier molecular flexibility index (Phi) is 5.60. The molecule has 0 unspecified atom stereocenters. The molecule has 0 aliphatic heterocycles. The van der Waals surface area contributed by atoms with Crippen LogP contribution in [-0.2, 0) is 19.6 Å². The number of hydrogen-bond donors (Lipinski definition) is 1. The van der Waals surface area contributed by atoms with Crippen LogP contribution < -0.4 is 5.73 Å². The van der Waals surface area contributed by atoms with Gasteiger partial charge in [0.15, 0.2) is 0 Å². The Bertz CT molecular complexity index is 1000. The van der Waals surface area contributed by atoms with E-state index in [4.69, 9.17) is 17.3 Å². The lowest BCUT2D eigenvalue weighted by Gasteiger charge is -2.23. The summed E-state index contributed by atoms with van der Waals surface area (Å²) in [7, 11) is 0. The third kappa shape index (κ3) is 4.19. The normalized spacial score (nSPS) is 11.4. The Morgan fingerprint density at radius 1 is 0.821 bits per heavy atom. The molecule has 4 rings (SSSR count). The highest BCUT2D eigenvalue weighted by Gasteiger charge is 2.13. The van der Waals surface area contributed by atoms with Gasteiger partial charge in [-0.3, -0.25) is 4.90 Å². The fourth-order valence-electron chi connectivity index (χ4n) is 3.52. The number of para-hydroxylation sites is 1. The molecular formula is C23H23ClN4. The second kappa shape index (κ2) is 8.46. The summed E-state index contributed by atoms with van der Waals surface area (Å²) in [6, 6.07) is 26.8. The van der Waals surface area contributed by atoms with E-state index in [0.717, 1.165) is 37.2 Å². The lowest BCUT2D eigenvalue weighted by Crippen LogP contribution is -2.27. The minimum atomic E-state index is 0.502. The van der Waals surface area contributed by atoms with Crippen LogP contribution in [0.4, 0.5) is 5.95 Å². The molecule has 0 amide bonds. The summed E-state index contributed by atoms with van der Waals surface area (Å²) < 4.78 is 2.01. The third-order valence-corrected chi connectivity index (χ3v) is 5.19. The third-order valence-electron chi connectivity index (χ3n) is 4.88. The molecule has 1 aromatic heterocycles. The standard InChI is InChI=1S/C23H23ClN4/c24-20-12-7-13-21-22(20)28(23(25)26-21)15-14-27(16-18-8-3-1-4-9-18)17-19-10-5-2-6-11-19/h1-13H,14-17H2,(H2,25,26). The average Bonchev–Trinajstić information content (AvgIpc) is 3.04. The summed E-state index contributed by atoms with van der Waals surface area (Å²) in [6.07, 6.45) is 0. The average molecular weight is 391 g/mol. The summed E-state index contributed by atoms with van der Waals surface area (Å²) in [6.45, 7) is 3.31. The maximum atomic E-state index is 6.42. The molecule has 4 nitrogen and oxygen atoms in total. The maximum absolute atomic E-state index is 6.42. The summed E-state index contributed by atoms with van der Waals surface area (Å²) in [5, 5.41) is 0.680. The monoisotopic (exact) mass is 390 g/mol. The topological polar surface area (TPSA) is 47.1 Å². The van der Waals surface area contributed by atoms with Gasteiger partial charge in [0.25, 0.3) is 0 Å². The molecule has 142 valence electrons. The minimum Gasteiger partial charge on any atom is -0.369 e. The largest absolute Gasteiger partial charge is 0.369 e. The number of nitrogen functional groups attached to an aromatic ring is 1. The quantitative estimate of drug-likeness (QED) is 0.484. The second-order valence-electron chi connectivity index (χ2n) is 6.91. The number of aromatic nitrogens is 2. The minimum absolute atomic E-state index is 0.502. The molecule has 1 heterocycles. The van der Waals surface area contributed by atoms with Crippen molar-refractivity contribution in [3.8, 4) is 0 Å². The summed E-state index contributed by atoms with van der Waals surface area (Å²) >= 11 is 6.42. The number of benzene rings is 3. The van der Waals surface area contributed by atoms with Gasteiger partial charge < -0.3 is 10.3 Å². The van der Waals surface area contributed by atoms with Crippen molar-refractivity contribution in [2.24, 2.45) is 0 Å². The first-order valence-electron chi connectivity index (χ1n) is 9.41. The zero-order valence-electron chi connectivity index (χ0n) is 15.6. The molecule has 0 radical (unpaired) electrons. The van der Waals surface area contributed by atoms with Gasteiger partial charge >= 0.3 is 0 Å². The van der Waals surface area contributed by atoms with E-state index in [1.807, 2.05) is 34.9 Å². The van der Waals surface area contributed by atoms with Gasteiger partial charge in [0.05, 0.1) is 16.1 Å². The van der Waals surface area contributed by atoms with Gasteiger partial charge in [0.1, 0.15) is 0 Å². The van der Waals surface area contributed by atoms with E-state index in [0.29, 0.717) is 11.0 Å². The molecule has 0 atom stereocenters. The molecular weight excluding hydrogens is 368 g/mol. The van der Waals surface area contributed by atoms with Gasteiger partial charge in [-0.25, -0.2) is 4.98 Å². The van der Waals surface area contributed by atoms with Crippen LogP contribution in [0.25, 0.3) is 11.0 Å². The van der Waals surface area contributed by atoms with Gasteiger partial charge in [-0.1, -0.05) is 78.3 Å². The van der Waals surface area contributed by atoms with Gasteiger partial charge in [0, 0.05) is 26.2 Å².